The van der Waals surface area contributed by atoms with Crippen LogP contribution in [0.3, 0.4) is 0 Å². The first-order chi connectivity index (χ1) is 24.0. The average Bonchev–Trinajstić information content (AvgIpc) is 3.46. The van der Waals surface area contributed by atoms with Gasteiger partial charge in [0.05, 0.1) is 5.57 Å². The number of nitrogens with zero attached hydrogens (tertiary/aromatic N) is 2. The molecule has 1 aliphatic heterocycles. The van der Waals surface area contributed by atoms with Crippen LogP contribution >= 0.6 is 0 Å². The van der Waals surface area contributed by atoms with Crippen molar-refractivity contribution in [3.05, 3.63) is 186 Å². The van der Waals surface area contributed by atoms with Crippen molar-refractivity contribution in [2.24, 2.45) is 0 Å². The number of aryl methyl sites for hydroxylation is 2. The molecule has 0 amide bonds. The Balaban J connectivity index is 0.000000475. The van der Waals surface area contributed by atoms with E-state index in [2.05, 4.69) is 101 Å². The van der Waals surface area contributed by atoms with E-state index >= 15 is 0 Å². The molecule has 0 aromatic heterocycles. The second-order valence-electron chi connectivity index (χ2n) is 12.8. The molecular formula is C47H58N2Ni. The van der Waals surface area contributed by atoms with Gasteiger partial charge in [0.15, 0.2) is 0 Å². The topological polar surface area (TPSA) is 25.3 Å². The standard InChI is InChI=1S/C33H44N2.2C7H7.Ni/c1-4-7-10-11-12-13-14-21-31-26-32(29-22-15-19-27(24-29)17-8-5-2)35(34)33(31)30-23-16-20-28(25-30)18-9-6-3;2*1-7-5-3-2-4-6-7;/h14-16,19-26H,4-13,17-18H2,1-3H3;2*2-6H,1H2;/q;2*-1;+2. The van der Waals surface area contributed by atoms with Crippen molar-refractivity contribution in [2.75, 3.05) is 0 Å². The molecule has 0 aliphatic carbocycles. The summed E-state index contributed by atoms with van der Waals surface area (Å²) < 4.78 is 1.42. The predicted octanol–water partition coefficient (Wildman–Crippen LogP) is 13.8. The second-order valence-corrected chi connectivity index (χ2v) is 12.8. The molecule has 0 spiro atoms. The molecule has 0 radical (unpaired) electrons. The molecule has 4 aromatic carbocycles. The fourth-order valence-corrected chi connectivity index (χ4v) is 5.70. The van der Waals surface area contributed by atoms with Crippen LogP contribution < -0.4 is 0 Å². The van der Waals surface area contributed by atoms with Crippen LogP contribution in [0.25, 0.3) is 16.9 Å². The maximum Gasteiger partial charge on any atom is 2.00 e. The molecule has 2 nitrogen and oxygen atoms in total. The van der Waals surface area contributed by atoms with E-state index in [1.807, 2.05) is 60.7 Å². The summed E-state index contributed by atoms with van der Waals surface area (Å²) in [6, 6.07) is 37.1. The summed E-state index contributed by atoms with van der Waals surface area (Å²) >= 11 is 0. The predicted molar refractivity (Wildman–Crippen MR) is 213 cm³/mol. The molecule has 0 saturated carbocycles. The van der Waals surface area contributed by atoms with Crippen LogP contribution in [0.2, 0.25) is 0 Å². The Morgan fingerprint density at radius 1 is 0.580 bits per heavy atom. The van der Waals surface area contributed by atoms with Crippen LogP contribution in [-0.4, -0.2) is 4.70 Å². The first kappa shape index (κ1) is 42.1. The van der Waals surface area contributed by atoms with Crippen molar-refractivity contribution >= 4 is 11.4 Å². The van der Waals surface area contributed by atoms with Gasteiger partial charge in [-0.1, -0.05) is 108 Å². The number of unbranched alkanes of at least 4 members (excludes halogenated alkanes) is 7. The quantitative estimate of drug-likeness (QED) is 0.0508. The van der Waals surface area contributed by atoms with Gasteiger partial charge < -0.3 is 5.53 Å². The van der Waals surface area contributed by atoms with E-state index in [1.165, 1.54) is 73.6 Å². The molecule has 0 N–H and O–H groups in total. The van der Waals surface area contributed by atoms with Gasteiger partial charge in [-0.05, 0) is 73.9 Å². The third-order valence-corrected chi connectivity index (χ3v) is 8.52. The van der Waals surface area contributed by atoms with Crippen LogP contribution in [-0.2, 0) is 29.3 Å². The van der Waals surface area contributed by atoms with E-state index in [-0.39, 0.29) is 16.5 Å². The van der Waals surface area contributed by atoms with Crippen molar-refractivity contribution in [3.63, 3.8) is 0 Å². The third kappa shape index (κ3) is 15.2. The van der Waals surface area contributed by atoms with Gasteiger partial charge in [-0.25, -0.2) is 4.70 Å². The molecule has 0 bridgehead atoms. The van der Waals surface area contributed by atoms with Gasteiger partial charge in [-0.15, -0.1) is 24.3 Å². The van der Waals surface area contributed by atoms with E-state index in [0.29, 0.717) is 0 Å². The number of hydrogen-bond donors (Lipinski definition) is 0. The minimum absolute atomic E-state index is 0. The Hall–Kier alpha value is -4.07. The fourth-order valence-electron chi connectivity index (χ4n) is 5.70. The molecule has 0 saturated heterocycles. The van der Waals surface area contributed by atoms with Crippen molar-refractivity contribution in [1.29, 1.82) is 0 Å². The fraction of sp³-hybridized carbons (Fsp3) is 0.319. The summed E-state index contributed by atoms with van der Waals surface area (Å²) in [6.45, 7) is 14.2. The first-order valence-electron chi connectivity index (χ1n) is 18.5. The van der Waals surface area contributed by atoms with E-state index in [4.69, 9.17) is 0 Å². The number of hydrogen-bond acceptors (Lipinski definition) is 0. The molecule has 4 aromatic rings. The van der Waals surface area contributed by atoms with Crippen molar-refractivity contribution in [1.82, 2.24) is 0 Å². The van der Waals surface area contributed by atoms with E-state index in [9.17, 15) is 5.53 Å². The molecule has 0 atom stereocenters. The van der Waals surface area contributed by atoms with Crippen molar-refractivity contribution < 1.29 is 21.2 Å². The minimum atomic E-state index is 0. The largest absolute Gasteiger partial charge is 2.00 e. The summed E-state index contributed by atoms with van der Waals surface area (Å²) in [5.41, 5.74) is 21.2. The van der Waals surface area contributed by atoms with E-state index < -0.39 is 0 Å². The maximum absolute atomic E-state index is 11.4. The van der Waals surface area contributed by atoms with Gasteiger partial charge in [0, 0.05) is 17.2 Å². The minimum Gasteiger partial charge on any atom is -0.493 e. The van der Waals surface area contributed by atoms with Crippen LogP contribution in [0.15, 0.2) is 133 Å². The Kier molecular flexibility index (Phi) is 21.0. The zero-order valence-electron chi connectivity index (χ0n) is 30.7. The molecule has 1 aliphatic rings. The molecule has 3 heteroatoms. The van der Waals surface area contributed by atoms with E-state index in [1.54, 1.807) is 0 Å². The zero-order valence-corrected chi connectivity index (χ0v) is 31.7. The summed E-state index contributed by atoms with van der Waals surface area (Å²) in [4.78, 5) is 0. The molecule has 0 unspecified atom stereocenters. The van der Waals surface area contributed by atoms with Crippen LogP contribution in [0.5, 0.6) is 0 Å². The smallest absolute Gasteiger partial charge is 0.493 e. The van der Waals surface area contributed by atoms with Crippen LogP contribution in [0, 0.1) is 13.8 Å². The van der Waals surface area contributed by atoms with Gasteiger partial charge in [-0.3, -0.25) is 0 Å². The Morgan fingerprint density at radius 3 is 1.58 bits per heavy atom. The average molecular weight is 710 g/mol. The molecule has 0 fully saturated rings. The van der Waals surface area contributed by atoms with Crippen molar-refractivity contribution in [2.45, 2.75) is 97.8 Å². The van der Waals surface area contributed by atoms with Gasteiger partial charge in [0.25, 0.3) is 0 Å². The molecule has 266 valence electrons. The van der Waals surface area contributed by atoms with Gasteiger partial charge in [0.2, 0.25) is 11.4 Å². The van der Waals surface area contributed by atoms with E-state index in [0.717, 1.165) is 58.5 Å². The first-order valence-corrected chi connectivity index (χ1v) is 18.5. The number of benzene rings is 4. The van der Waals surface area contributed by atoms with Gasteiger partial charge in [0.1, 0.15) is 0 Å². The van der Waals surface area contributed by atoms with Gasteiger partial charge >= 0.3 is 16.5 Å². The second kappa shape index (κ2) is 25.0. The monoisotopic (exact) mass is 708 g/mol. The molecule has 5 rings (SSSR count). The Labute approximate surface area is 314 Å². The van der Waals surface area contributed by atoms with Crippen molar-refractivity contribution in [3.8, 4) is 0 Å². The number of allylic oxidation sites excluding steroid dienone is 4. The third-order valence-electron chi connectivity index (χ3n) is 8.52. The molecule has 1 heterocycles. The van der Waals surface area contributed by atoms with Gasteiger partial charge in [-0.2, -0.15) is 49.2 Å². The summed E-state index contributed by atoms with van der Waals surface area (Å²) in [6.07, 6.45) is 21.1. The summed E-state index contributed by atoms with van der Waals surface area (Å²) in [5.74, 6) is 0. The SMILES string of the molecule is CCCCCCCC=CC1=C(c2cccc(CCCC)c2)[N+](=[N-])C(c2cccc(CCCC)c2)=C1.[CH2-]c1ccccc1.[CH2-]c1ccccc1.[Ni+2]. The molecular weight excluding hydrogens is 651 g/mol. The Bertz CT molecular complexity index is 1580. The summed E-state index contributed by atoms with van der Waals surface area (Å²) in [5, 5.41) is 0. The zero-order chi connectivity index (χ0) is 35.1. The van der Waals surface area contributed by atoms with Crippen LogP contribution in [0.1, 0.15) is 118 Å². The maximum atomic E-state index is 11.4. The number of rotatable bonds is 15. The summed E-state index contributed by atoms with van der Waals surface area (Å²) in [7, 11) is 0. The van der Waals surface area contributed by atoms with Crippen LogP contribution in [0.4, 0.5) is 0 Å². The Morgan fingerprint density at radius 2 is 1.08 bits per heavy atom. The normalized spacial score (nSPS) is 12.1. The molecule has 50 heavy (non-hydrogen) atoms.